The van der Waals surface area contributed by atoms with E-state index in [1.807, 2.05) is 6.07 Å². The highest BCUT2D eigenvalue weighted by Crippen LogP contribution is 2.21. The Morgan fingerprint density at radius 3 is 2.50 bits per heavy atom. The fourth-order valence-electron chi connectivity index (χ4n) is 2.14. The summed E-state index contributed by atoms with van der Waals surface area (Å²) in [6, 6.07) is 15.4. The van der Waals surface area contributed by atoms with Crippen molar-refractivity contribution in [3.63, 3.8) is 0 Å². The van der Waals surface area contributed by atoms with Gasteiger partial charge in [0.1, 0.15) is 0 Å². The molecule has 0 amide bonds. The molecule has 24 heavy (non-hydrogen) atoms. The summed E-state index contributed by atoms with van der Waals surface area (Å²) in [6.45, 7) is 0. The summed E-state index contributed by atoms with van der Waals surface area (Å²) in [5.41, 5.74) is 1.39. The largest absolute Gasteiger partial charge is 0.298 e. The second kappa shape index (κ2) is 6.38. The van der Waals surface area contributed by atoms with Crippen LogP contribution in [0.1, 0.15) is 0 Å². The number of benzene rings is 2. The molecular weight excluding hydrogens is 328 g/mol. The maximum absolute atomic E-state index is 12.4. The summed E-state index contributed by atoms with van der Waals surface area (Å²) in [5.74, 6) is 0.471. The first kappa shape index (κ1) is 16.1. The zero-order valence-electron chi connectivity index (χ0n) is 13.2. The molecule has 0 fully saturated rings. The van der Waals surface area contributed by atoms with Gasteiger partial charge in [-0.3, -0.25) is 5.01 Å². The number of sulfonamides is 1. The minimum Gasteiger partial charge on any atom is -0.298 e. The van der Waals surface area contributed by atoms with Gasteiger partial charge >= 0.3 is 0 Å². The van der Waals surface area contributed by atoms with Crippen molar-refractivity contribution < 1.29 is 8.42 Å². The highest BCUT2D eigenvalue weighted by molar-refractivity contribution is 7.89. The molecule has 0 aliphatic heterocycles. The molecule has 3 rings (SSSR count). The van der Waals surface area contributed by atoms with Gasteiger partial charge in [0.25, 0.3) is 10.0 Å². The van der Waals surface area contributed by atoms with E-state index in [1.54, 1.807) is 50.5 Å². The molecular formula is C15H16N6O2S. The molecule has 1 heterocycles. The lowest BCUT2D eigenvalue weighted by Crippen LogP contribution is -2.39. The van der Waals surface area contributed by atoms with Crippen molar-refractivity contribution in [3.05, 3.63) is 54.6 Å². The predicted molar refractivity (Wildman–Crippen MR) is 89.4 cm³/mol. The van der Waals surface area contributed by atoms with E-state index in [0.29, 0.717) is 11.5 Å². The van der Waals surface area contributed by atoms with Crippen LogP contribution in [0.2, 0.25) is 0 Å². The average molecular weight is 344 g/mol. The quantitative estimate of drug-likeness (QED) is 0.699. The first-order chi connectivity index (χ1) is 11.5. The Morgan fingerprint density at radius 2 is 1.83 bits per heavy atom. The standard InChI is InChI=1S/C15H16N6O2S/c1-20(19-24(22,23)14-9-4-3-5-10-14)13-8-6-7-12(11-13)15-16-18-21(2)17-15/h3-11,19H,1-2H3. The van der Waals surface area contributed by atoms with Crippen LogP contribution in [0.25, 0.3) is 11.4 Å². The van der Waals surface area contributed by atoms with Crippen LogP contribution in [0.3, 0.4) is 0 Å². The molecule has 1 aromatic heterocycles. The molecule has 124 valence electrons. The van der Waals surface area contributed by atoms with Gasteiger partial charge in [0.15, 0.2) is 0 Å². The first-order valence-electron chi connectivity index (χ1n) is 7.11. The second-order valence-electron chi connectivity index (χ2n) is 5.12. The number of hydrogen-bond donors (Lipinski definition) is 1. The third-order valence-corrected chi connectivity index (χ3v) is 4.72. The zero-order chi connectivity index (χ0) is 17.2. The highest BCUT2D eigenvalue weighted by atomic mass is 32.2. The zero-order valence-corrected chi connectivity index (χ0v) is 14.0. The molecule has 0 bridgehead atoms. The third-order valence-electron chi connectivity index (χ3n) is 3.31. The average Bonchev–Trinajstić information content (AvgIpc) is 3.02. The predicted octanol–water partition coefficient (Wildman–Crippen LogP) is 1.21. The van der Waals surface area contributed by atoms with Crippen LogP contribution in [-0.4, -0.2) is 35.7 Å². The number of nitrogens with one attached hydrogen (secondary N) is 1. The number of hydrogen-bond acceptors (Lipinski definition) is 6. The molecule has 0 aliphatic rings. The summed E-state index contributed by atoms with van der Waals surface area (Å²) in [6.07, 6.45) is 0. The van der Waals surface area contributed by atoms with Gasteiger partial charge in [-0.15, -0.1) is 15.0 Å². The number of aromatic nitrogens is 4. The molecule has 8 nitrogen and oxygen atoms in total. The van der Waals surface area contributed by atoms with E-state index in [-0.39, 0.29) is 4.90 Å². The van der Waals surface area contributed by atoms with Crippen molar-refractivity contribution in [2.24, 2.45) is 7.05 Å². The fraction of sp³-hybridized carbons (Fsp3) is 0.133. The van der Waals surface area contributed by atoms with Crippen LogP contribution < -0.4 is 9.84 Å². The highest BCUT2D eigenvalue weighted by Gasteiger charge is 2.16. The maximum Gasteiger partial charge on any atom is 0.257 e. The van der Waals surface area contributed by atoms with Crippen molar-refractivity contribution >= 4 is 15.7 Å². The van der Waals surface area contributed by atoms with E-state index in [2.05, 4.69) is 20.2 Å². The molecule has 0 saturated carbocycles. The van der Waals surface area contributed by atoms with Gasteiger partial charge in [-0.1, -0.05) is 30.3 Å². The molecule has 0 spiro atoms. The van der Waals surface area contributed by atoms with Crippen LogP contribution in [0.5, 0.6) is 0 Å². The van der Waals surface area contributed by atoms with Crippen LogP contribution in [0.15, 0.2) is 59.5 Å². The Bertz CT molecular complexity index is 939. The normalized spacial score (nSPS) is 11.4. The molecule has 3 aromatic rings. The number of tetrazole rings is 1. The Labute approximate surface area is 139 Å². The smallest absolute Gasteiger partial charge is 0.257 e. The summed E-state index contributed by atoms with van der Waals surface area (Å²) >= 11 is 0. The lowest BCUT2D eigenvalue weighted by Gasteiger charge is -2.20. The van der Waals surface area contributed by atoms with Crippen LogP contribution in [0, 0.1) is 0 Å². The Balaban J connectivity index is 1.84. The molecule has 1 N–H and O–H groups in total. The number of hydrazine groups is 1. The number of rotatable bonds is 5. The third kappa shape index (κ3) is 3.42. The van der Waals surface area contributed by atoms with E-state index < -0.39 is 10.0 Å². The molecule has 0 saturated heterocycles. The van der Waals surface area contributed by atoms with Crippen molar-refractivity contribution in [2.75, 3.05) is 12.1 Å². The van der Waals surface area contributed by atoms with Crippen molar-refractivity contribution in [3.8, 4) is 11.4 Å². The summed E-state index contributed by atoms with van der Waals surface area (Å²) in [7, 11) is -0.343. The van der Waals surface area contributed by atoms with Crippen LogP contribution >= 0.6 is 0 Å². The fourth-order valence-corrected chi connectivity index (χ4v) is 3.23. The molecule has 0 unspecified atom stereocenters. The van der Waals surface area contributed by atoms with Gasteiger partial charge in [0, 0.05) is 12.6 Å². The summed E-state index contributed by atoms with van der Waals surface area (Å²) in [5, 5.41) is 13.3. The topological polar surface area (TPSA) is 93.0 Å². The van der Waals surface area contributed by atoms with E-state index in [1.165, 1.54) is 21.9 Å². The Morgan fingerprint density at radius 1 is 1.08 bits per heavy atom. The number of anilines is 1. The van der Waals surface area contributed by atoms with Crippen molar-refractivity contribution in [1.29, 1.82) is 0 Å². The molecule has 2 aromatic carbocycles. The lowest BCUT2D eigenvalue weighted by atomic mass is 10.2. The van der Waals surface area contributed by atoms with Crippen molar-refractivity contribution in [1.82, 2.24) is 25.0 Å². The number of nitrogens with zero attached hydrogens (tertiary/aromatic N) is 5. The Kier molecular flexibility index (Phi) is 4.28. The Hall–Kier alpha value is -2.78. The van der Waals surface area contributed by atoms with Gasteiger partial charge in [-0.2, -0.15) is 4.80 Å². The van der Waals surface area contributed by atoms with Gasteiger partial charge in [-0.25, -0.2) is 8.42 Å². The van der Waals surface area contributed by atoms with Gasteiger partial charge < -0.3 is 0 Å². The minimum absolute atomic E-state index is 0.198. The monoisotopic (exact) mass is 344 g/mol. The summed E-state index contributed by atoms with van der Waals surface area (Å²) in [4.78, 5) is 4.08. The van der Waals surface area contributed by atoms with Crippen LogP contribution in [0.4, 0.5) is 5.69 Å². The molecule has 0 atom stereocenters. The number of aryl methyl sites for hydroxylation is 1. The van der Waals surface area contributed by atoms with E-state index in [0.717, 1.165) is 5.56 Å². The molecule has 0 aliphatic carbocycles. The van der Waals surface area contributed by atoms with Gasteiger partial charge in [0.2, 0.25) is 5.82 Å². The van der Waals surface area contributed by atoms with Crippen molar-refractivity contribution in [2.45, 2.75) is 4.90 Å². The lowest BCUT2D eigenvalue weighted by molar-refractivity contribution is 0.580. The van der Waals surface area contributed by atoms with Gasteiger partial charge in [-0.05, 0) is 29.5 Å². The first-order valence-corrected chi connectivity index (χ1v) is 8.60. The van der Waals surface area contributed by atoms with E-state index in [4.69, 9.17) is 0 Å². The van der Waals surface area contributed by atoms with E-state index in [9.17, 15) is 8.42 Å². The second-order valence-corrected chi connectivity index (χ2v) is 6.78. The minimum atomic E-state index is -3.65. The van der Waals surface area contributed by atoms with Crippen LogP contribution in [-0.2, 0) is 17.1 Å². The summed E-state index contributed by atoms with van der Waals surface area (Å²) < 4.78 is 24.8. The van der Waals surface area contributed by atoms with E-state index >= 15 is 0 Å². The van der Waals surface area contributed by atoms with Gasteiger partial charge in [0.05, 0.1) is 17.6 Å². The molecule has 0 radical (unpaired) electrons. The SMILES string of the molecule is CN(NS(=O)(=O)c1ccccc1)c1cccc(-c2nnn(C)n2)c1. The molecule has 9 heteroatoms. The maximum atomic E-state index is 12.4.